The van der Waals surface area contributed by atoms with Crippen molar-refractivity contribution in [3.8, 4) is 5.75 Å². The van der Waals surface area contributed by atoms with Gasteiger partial charge in [0.1, 0.15) is 5.75 Å². The van der Waals surface area contributed by atoms with Crippen LogP contribution in [0.15, 0.2) is 24.3 Å². The van der Waals surface area contributed by atoms with E-state index in [2.05, 4.69) is 10.6 Å². The van der Waals surface area contributed by atoms with Gasteiger partial charge in [0.25, 0.3) is 0 Å². The summed E-state index contributed by atoms with van der Waals surface area (Å²) in [7, 11) is 1.59. The van der Waals surface area contributed by atoms with Gasteiger partial charge in [-0.2, -0.15) is 0 Å². The van der Waals surface area contributed by atoms with Gasteiger partial charge in [0.2, 0.25) is 11.8 Å². The van der Waals surface area contributed by atoms with Crippen molar-refractivity contribution in [3.05, 3.63) is 24.3 Å². The molecule has 2 rings (SSSR count). The number of hydrogen-bond donors (Lipinski definition) is 2. The summed E-state index contributed by atoms with van der Waals surface area (Å²) in [5, 5.41) is 5.80. The van der Waals surface area contributed by atoms with Crippen molar-refractivity contribution in [1.82, 2.24) is 10.2 Å². The molecule has 1 aromatic rings. The summed E-state index contributed by atoms with van der Waals surface area (Å²) in [6, 6.07) is 7.08. The molecule has 1 saturated heterocycles. The number of rotatable bonds is 4. The Bertz CT molecular complexity index is 473. The van der Waals surface area contributed by atoms with E-state index in [0.717, 1.165) is 18.7 Å². The largest absolute Gasteiger partial charge is 0.497 e. The second kappa shape index (κ2) is 6.91. The maximum Gasteiger partial charge on any atom is 0.243 e. The Morgan fingerprint density at radius 3 is 2.85 bits per heavy atom. The van der Waals surface area contributed by atoms with Crippen molar-refractivity contribution in [1.29, 1.82) is 0 Å². The number of anilines is 1. The van der Waals surface area contributed by atoms with E-state index in [0.29, 0.717) is 18.8 Å². The summed E-state index contributed by atoms with van der Waals surface area (Å²) in [4.78, 5) is 25.3. The Balaban J connectivity index is 1.89. The standard InChI is InChI=1S/C14H19N3O3/c1-20-12-5-3-11(4-6-12)16-13(18)10-17-8-2-7-15-9-14(17)19/h3-6,15H,2,7-10H2,1H3,(H,16,18). The summed E-state index contributed by atoms with van der Waals surface area (Å²) < 4.78 is 5.05. The van der Waals surface area contributed by atoms with Crippen LogP contribution < -0.4 is 15.4 Å². The fraction of sp³-hybridized carbons (Fsp3) is 0.429. The zero-order valence-electron chi connectivity index (χ0n) is 11.5. The molecule has 0 unspecified atom stereocenters. The van der Waals surface area contributed by atoms with E-state index in [1.54, 1.807) is 36.3 Å². The van der Waals surface area contributed by atoms with Gasteiger partial charge in [-0.3, -0.25) is 9.59 Å². The summed E-state index contributed by atoms with van der Waals surface area (Å²) >= 11 is 0. The van der Waals surface area contributed by atoms with E-state index in [1.807, 2.05) is 0 Å². The maximum absolute atomic E-state index is 11.9. The predicted octanol–water partition coefficient (Wildman–Crippen LogP) is 0.456. The highest BCUT2D eigenvalue weighted by atomic mass is 16.5. The SMILES string of the molecule is COc1ccc(NC(=O)CN2CCCNCC2=O)cc1. The van der Waals surface area contributed by atoms with Crippen LogP contribution in [-0.4, -0.2) is 50.0 Å². The Morgan fingerprint density at radius 2 is 2.15 bits per heavy atom. The van der Waals surface area contributed by atoms with Crippen LogP contribution >= 0.6 is 0 Å². The van der Waals surface area contributed by atoms with Gasteiger partial charge in [-0.25, -0.2) is 0 Å². The minimum atomic E-state index is -0.189. The number of methoxy groups -OCH3 is 1. The smallest absolute Gasteiger partial charge is 0.243 e. The van der Waals surface area contributed by atoms with Crippen molar-refractivity contribution < 1.29 is 14.3 Å². The van der Waals surface area contributed by atoms with Gasteiger partial charge in [-0.1, -0.05) is 0 Å². The van der Waals surface area contributed by atoms with E-state index in [-0.39, 0.29) is 18.4 Å². The van der Waals surface area contributed by atoms with Gasteiger partial charge < -0.3 is 20.3 Å². The monoisotopic (exact) mass is 277 g/mol. The second-order valence-corrected chi connectivity index (χ2v) is 4.62. The molecule has 0 aliphatic carbocycles. The van der Waals surface area contributed by atoms with Gasteiger partial charge in [0.15, 0.2) is 0 Å². The number of amides is 2. The number of hydrogen-bond acceptors (Lipinski definition) is 4. The molecule has 0 bridgehead atoms. The van der Waals surface area contributed by atoms with Crippen molar-refractivity contribution in [2.45, 2.75) is 6.42 Å². The predicted molar refractivity (Wildman–Crippen MR) is 75.7 cm³/mol. The first-order valence-electron chi connectivity index (χ1n) is 6.61. The molecule has 1 heterocycles. The molecule has 6 nitrogen and oxygen atoms in total. The van der Waals surface area contributed by atoms with Crippen LogP contribution in [0, 0.1) is 0 Å². The Hall–Kier alpha value is -2.08. The lowest BCUT2D eigenvalue weighted by atomic mass is 10.3. The number of carbonyl (C=O) groups excluding carboxylic acids is 2. The lowest BCUT2D eigenvalue weighted by Gasteiger charge is -2.19. The Labute approximate surface area is 118 Å². The molecule has 20 heavy (non-hydrogen) atoms. The molecule has 6 heteroatoms. The minimum Gasteiger partial charge on any atom is -0.497 e. The highest BCUT2D eigenvalue weighted by molar-refractivity contribution is 5.94. The average Bonchev–Trinajstić information content (AvgIpc) is 2.65. The third-order valence-electron chi connectivity index (χ3n) is 3.12. The summed E-state index contributed by atoms with van der Waals surface area (Å²) in [6.07, 6.45) is 0.863. The molecular formula is C14H19N3O3. The van der Waals surface area contributed by atoms with Gasteiger partial charge >= 0.3 is 0 Å². The first-order chi connectivity index (χ1) is 9.69. The molecule has 2 N–H and O–H groups in total. The first-order valence-corrected chi connectivity index (χ1v) is 6.61. The lowest BCUT2D eigenvalue weighted by Crippen LogP contribution is -2.40. The molecule has 108 valence electrons. The van der Waals surface area contributed by atoms with E-state index < -0.39 is 0 Å². The van der Waals surface area contributed by atoms with Gasteiger partial charge in [0.05, 0.1) is 20.2 Å². The molecule has 2 amide bonds. The van der Waals surface area contributed by atoms with Crippen LogP contribution in [0.4, 0.5) is 5.69 Å². The van der Waals surface area contributed by atoms with Gasteiger partial charge in [-0.05, 0) is 37.2 Å². The molecule has 0 aromatic heterocycles. The Morgan fingerprint density at radius 1 is 1.40 bits per heavy atom. The second-order valence-electron chi connectivity index (χ2n) is 4.62. The fourth-order valence-electron chi connectivity index (χ4n) is 2.04. The zero-order valence-corrected chi connectivity index (χ0v) is 11.5. The lowest BCUT2D eigenvalue weighted by molar-refractivity contribution is -0.133. The van der Waals surface area contributed by atoms with E-state index in [1.165, 1.54) is 0 Å². The third kappa shape index (κ3) is 3.96. The normalized spacial score (nSPS) is 15.7. The van der Waals surface area contributed by atoms with E-state index in [4.69, 9.17) is 4.74 Å². The van der Waals surface area contributed by atoms with Crippen LogP contribution in [-0.2, 0) is 9.59 Å². The van der Waals surface area contributed by atoms with Crippen molar-refractivity contribution in [2.24, 2.45) is 0 Å². The highest BCUT2D eigenvalue weighted by Gasteiger charge is 2.18. The number of nitrogens with one attached hydrogen (secondary N) is 2. The van der Waals surface area contributed by atoms with Crippen LogP contribution in [0.3, 0.4) is 0 Å². The average molecular weight is 277 g/mol. The molecule has 0 spiro atoms. The van der Waals surface area contributed by atoms with Crippen LogP contribution in [0.25, 0.3) is 0 Å². The molecule has 1 aromatic carbocycles. The van der Waals surface area contributed by atoms with Crippen molar-refractivity contribution >= 4 is 17.5 Å². The molecule has 1 aliphatic heterocycles. The van der Waals surface area contributed by atoms with E-state index in [9.17, 15) is 9.59 Å². The topological polar surface area (TPSA) is 70.7 Å². The molecule has 0 atom stereocenters. The van der Waals surface area contributed by atoms with Crippen LogP contribution in [0.2, 0.25) is 0 Å². The van der Waals surface area contributed by atoms with Gasteiger partial charge in [-0.15, -0.1) is 0 Å². The van der Waals surface area contributed by atoms with Crippen molar-refractivity contribution in [3.63, 3.8) is 0 Å². The first kappa shape index (κ1) is 14.3. The summed E-state index contributed by atoms with van der Waals surface area (Å²) in [5.41, 5.74) is 0.691. The molecular weight excluding hydrogens is 258 g/mol. The highest BCUT2D eigenvalue weighted by Crippen LogP contribution is 2.14. The van der Waals surface area contributed by atoms with Crippen molar-refractivity contribution in [2.75, 3.05) is 38.6 Å². The molecule has 1 fully saturated rings. The van der Waals surface area contributed by atoms with Crippen LogP contribution in [0.5, 0.6) is 5.75 Å². The Kier molecular flexibility index (Phi) is 4.95. The maximum atomic E-state index is 11.9. The van der Waals surface area contributed by atoms with E-state index >= 15 is 0 Å². The van der Waals surface area contributed by atoms with Gasteiger partial charge in [0, 0.05) is 12.2 Å². The fourth-order valence-corrected chi connectivity index (χ4v) is 2.04. The molecule has 0 saturated carbocycles. The number of carbonyl (C=O) groups is 2. The molecule has 0 radical (unpaired) electrons. The number of benzene rings is 1. The minimum absolute atomic E-state index is 0.0348. The number of ether oxygens (including phenoxy) is 1. The summed E-state index contributed by atoms with van der Waals surface area (Å²) in [5.74, 6) is 0.509. The molecule has 1 aliphatic rings. The third-order valence-corrected chi connectivity index (χ3v) is 3.12. The zero-order chi connectivity index (χ0) is 14.4. The van der Waals surface area contributed by atoms with Crippen LogP contribution in [0.1, 0.15) is 6.42 Å². The quantitative estimate of drug-likeness (QED) is 0.838. The summed E-state index contributed by atoms with van der Waals surface area (Å²) in [6.45, 7) is 1.81. The number of nitrogens with zero attached hydrogens (tertiary/aromatic N) is 1.